The summed E-state index contributed by atoms with van der Waals surface area (Å²) in [6.07, 6.45) is 4.06. The molecule has 3 heterocycles. The molecule has 0 unspecified atom stereocenters. The Morgan fingerprint density at radius 3 is 2.85 bits per heavy atom. The highest BCUT2D eigenvalue weighted by atomic mass is 79.9. The van der Waals surface area contributed by atoms with E-state index in [0.717, 1.165) is 20.9 Å². The lowest BCUT2D eigenvalue weighted by Gasteiger charge is -2.15. The third-order valence-corrected chi connectivity index (χ3v) is 4.91. The summed E-state index contributed by atoms with van der Waals surface area (Å²) in [5.41, 5.74) is 7.62. The second-order valence-corrected chi connectivity index (χ2v) is 7.01. The number of aromatic nitrogens is 6. The molecular formula is C17H17BrN8O. The summed E-state index contributed by atoms with van der Waals surface area (Å²) < 4.78 is 4.11. The zero-order valence-corrected chi connectivity index (χ0v) is 16.3. The van der Waals surface area contributed by atoms with E-state index in [-0.39, 0.29) is 0 Å². The zero-order valence-electron chi connectivity index (χ0n) is 14.7. The Labute approximate surface area is 162 Å². The number of rotatable bonds is 5. The standard InChI is InChI=1S/C17H17BrN8O/c1-3-12(14(19)27)21-17-22-13-10(5-4-6-11(13)18)16-23-15(24-26(16)17)9-7-20-25(2)8-9/h4-8,12H,3H2,1-2H3,(H2,19,27)(H,21,22)/t12-/m0/s1. The van der Waals surface area contributed by atoms with E-state index >= 15 is 0 Å². The predicted octanol–water partition coefficient (Wildman–Crippen LogP) is 2.12. The van der Waals surface area contributed by atoms with Gasteiger partial charge in [0.1, 0.15) is 6.04 Å². The molecule has 9 nitrogen and oxygen atoms in total. The lowest BCUT2D eigenvalue weighted by atomic mass is 10.2. The highest BCUT2D eigenvalue weighted by molar-refractivity contribution is 9.10. The van der Waals surface area contributed by atoms with E-state index in [2.05, 4.69) is 41.4 Å². The molecular weight excluding hydrogens is 412 g/mol. The maximum absolute atomic E-state index is 11.7. The van der Waals surface area contributed by atoms with E-state index in [9.17, 15) is 4.79 Å². The van der Waals surface area contributed by atoms with Crippen LogP contribution in [0.5, 0.6) is 0 Å². The Balaban J connectivity index is 1.98. The molecule has 0 saturated carbocycles. The Morgan fingerprint density at radius 1 is 1.37 bits per heavy atom. The van der Waals surface area contributed by atoms with Crippen LogP contribution in [0.2, 0.25) is 0 Å². The van der Waals surface area contributed by atoms with E-state index in [1.54, 1.807) is 15.4 Å². The third kappa shape index (κ3) is 3.01. The molecule has 4 rings (SSSR count). The number of benzene rings is 1. The first kappa shape index (κ1) is 17.4. The maximum Gasteiger partial charge on any atom is 0.239 e. The van der Waals surface area contributed by atoms with E-state index in [4.69, 9.17) is 5.73 Å². The number of nitrogens with two attached hydrogens (primary N) is 1. The summed E-state index contributed by atoms with van der Waals surface area (Å²) >= 11 is 3.53. The molecule has 0 aliphatic heterocycles. The Bertz CT molecular complexity index is 1160. The molecule has 0 aliphatic carbocycles. The summed E-state index contributed by atoms with van der Waals surface area (Å²) in [4.78, 5) is 21.0. The molecule has 3 aromatic heterocycles. The molecule has 0 fully saturated rings. The number of nitrogens with zero attached hydrogens (tertiary/aromatic N) is 6. The summed E-state index contributed by atoms with van der Waals surface area (Å²) in [6.45, 7) is 1.87. The largest absolute Gasteiger partial charge is 0.368 e. The summed E-state index contributed by atoms with van der Waals surface area (Å²) in [7, 11) is 1.83. The van der Waals surface area contributed by atoms with Gasteiger partial charge in [-0.2, -0.15) is 9.61 Å². The minimum absolute atomic E-state index is 0.401. The molecule has 0 radical (unpaired) electrons. The fourth-order valence-corrected chi connectivity index (χ4v) is 3.33. The van der Waals surface area contributed by atoms with Gasteiger partial charge in [0.05, 0.1) is 17.3 Å². The van der Waals surface area contributed by atoms with Gasteiger partial charge in [0.25, 0.3) is 0 Å². The number of hydrogen-bond donors (Lipinski definition) is 2. The number of fused-ring (bicyclic) bond motifs is 3. The average Bonchev–Trinajstić information content (AvgIpc) is 3.26. The quantitative estimate of drug-likeness (QED) is 0.502. The summed E-state index contributed by atoms with van der Waals surface area (Å²) in [5.74, 6) is 0.470. The van der Waals surface area contributed by atoms with E-state index in [1.807, 2.05) is 38.4 Å². The second-order valence-electron chi connectivity index (χ2n) is 6.15. The number of aryl methyl sites for hydroxylation is 1. The molecule has 1 atom stereocenters. The first-order valence-corrected chi connectivity index (χ1v) is 9.17. The van der Waals surface area contributed by atoms with Crippen LogP contribution in [-0.4, -0.2) is 41.3 Å². The van der Waals surface area contributed by atoms with Crippen LogP contribution < -0.4 is 11.1 Å². The summed E-state index contributed by atoms with van der Waals surface area (Å²) in [5, 5.41) is 12.7. The van der Waals surface area contributed by atoms with Gasteiger partial charge in [-0.05, 0) is 34.5 Å². The van der Waals surface area contributed by atoms with Crippen LogP contribution in [-0.2, 0) is 11.8 Å². The lowest BCUT2D eigenvalue weighted by Crippen LogP contribution is -2.35. The minimum Gasteiger partial charge on any atom is -0.368 e. The maximum atomic E-state index is 11.7. The predicted molar refractivity (Wildman–Crippen MR) is 105 cm³/mol. The van der Waals surface area contributed by atoms with Crippen molar-refractivity contribution in [2.75, 3.05) is 5.32 Å². The minimum atomic E-state index is -0.563. The zero-order chi connectivity index (χ0) is 19.1. The van der Waals surface area contributed by atoms with Crippen molar-refractivity contribution in [3.8, 4) is 11.4 Å². The smallest absolute Gasteiger partial charge is 0.239 e. The van der Waals surface area contributed by atoms with Gasteiger partial charge in [0.2, 0.25) is 11.9 Å². The summed E-state index contributed by atoms with van der Waals surface area (Å²) in [6, 6.07) is 5.18. The van der Waals surface area contributed by atoms with Crippen molar-refractivity contribution >= 4 is 44.3 Å². The van der Waals surface area contributed by atoms with Gasteiger partial charge in [0.15, 0.2) is 11.5 Å². The normalized spacial score (nSPS) is 12.6. The number of carbonyl (C=O) groups is 1. The van der Waals surface area contributed by atoms with E-state index < -0.39 is 11.9 Å². The van der Waals surface area contributed by atoms with Crippen LogP contribution in [0.4, 0.5) is 5.95 Å². The number of para-hydroxylation sites is 1. The fraction of sp³-hybridized carbons (Fsp3) is 0.235. The van der Waals surface area contributed by atoms with Gasteiger partial charge in [-0.1, -0.05) is 13.0 Å². The van der Waals surface area contributed by atoms with Gasteiger partial charge >= 0.3 is 0 Å². The molecule has 3 N–H and O–H groups in total. The van der Waals surface area contributed by atoms with Gasteiger partial charge in [0, 0.05) is 23.1 Å². The Kier molecular flexibility index (Phi) is 4.27. The first-order chi connectivity index (χ1) is 13.0. The molecule has 138 valence electrons. The first-order valence-electron chi connectivity index (χ1n) is 8.37. The average molecular weight is 429 g/mol. The fourth-order valence-electron chi connectivity index (χ4n) is 2.88. The van der Waals surface area contributed by atoms with Crippen molar-refractivity contribution in [3.63, 3.8) is 0 Å². The van der Waals surface area contributed by atoms with Crippen molar-refractivity contribution in [1.29, 1.82) is 0 Å². The highest BCUT2D eigenvalue weighted by Gasteiger charge is 2.20. The van der Waals surface area contributed by atoms with Crippen molar-refractivity contribution in [3.05, 3.63) is 35.1 Å². The molecule has 4 aromatic rings. The monoisotopic (exact) mass is 428 g/mol. The van der Waals surface area contributed by atoms with Crippen LogP contribution in [0.1, 0.15) is 13.3 Å². The highest BCUT2D eigenvalue weighted by Crippen LogP contribution is 2.28. The SMILES string of the molecule is CC[C@H](Nc1nc2c(Br)cccc2c2nc(-c3cnn(C)c3)nn12)C(N)=O. The molecule has 10 heteroatoms. The number of hydrogen-bond acceptors (Lipinski definition) is 6. The number of primary amides is 1. The Hall–Kier alpha value is -3.01. The second kappa shape index (κ2) is 6.62. The molecule has 0 saturated heterocycles. The van der Waals surface area contributed by atoms with E-state index in [1.165, 1.54) is 0 Å². The van der Waals surface area contributed by atoms with Crippen LogP contribution >= 0.6 is 15.9 Å². The molecule has 27 heavy (non-hydrogen) atoms. The topological polar surface area (TPSA) is 116 Å². The van der Waals surface area contributed by atoms with Crippen molar-refractivity contribution in [2.24, 2.45) is 12.8 Å². The molecule has 0 bridgehead atoms. The van der Waals surface area contributed by atoms with Crippen LogP contribution in [0.15, 0.2) is 35.1 Å². The van der Waals surface area contributed by atoms with Crippen molar-refractivity contribution in [2.45, 2.75) is 19.4 Å². The van der Waals surface area contributed by atoms with Gasteiger partial charge in [-0.25, -0.2) is 9.97 Å². The molecule has 1 amide bonds. The van der Waals surface area contributed by atoms with Gasteiger partial charge in [-0.3, -0.25) is 9.48 Å². The number of halogens is 1. The molecule has 0 spiro atoms. The van der Waals surface area contributed by atoms with Gasteiger partial charge < -0.3 is 11.1 Å². The number of nitrogens with one attached hydrogen (secondary N) is 1. The van der Waals surface area contributed by atoms with Crippen molar-refractivity contribution in [1.82, 2.24) is 29.4 Å². The van der Waals surface area contributed by atoms with E-state index in [0.29, 0.717) is 23.8 Å². The molecule has 0 aliphatic rings. The third-order valence-electron chi connectivity index (χ3n) is 4.27. The van der Waals surface area contributed by atoms with Crippen LogP contribution in [0.3, 0.4) is 0 Å². The number of carbonyl (C=O) groups excluding carboxylic acids is 1. The lowest BCUT2D eigenvalue weighted by molar-refractivity contribution is -0.118. The van der Waals surface area contributed by atoms with Crippen molar-refractivity contribution < 1.29 is 4.79 Å². The van der Waals surface area contributed by atoms with Crippen LogP contribution in [0.25, 0.3) is 27.9 Å². The Morgan fingerprint density at radius 2 is 2.19 bits per heavy atom. The van der Waals surface area contributed by atoms with Gasteiger partial charge in [-0.15, -0.1) is 5.10 Å². The van der Waals surface area contributed by atoms with Crippen LogP contribution in [0, 0.1) is 0 Å². The number of amides is 1. The molecule has 1 aromatic carbocycles. The number of anilines is 1.